The van der Waals surface area contributed by atoms with Crippen molar-refractivity contribution in [1.82, 2.24) is 9.55 Å². The number of hydrogen-bond acceptors (Lipinski definition) is 3. The summed E-state index contributed by atoms with van der Waals surface area (Å²) in [6.07, 6.45) is 2.39. The number of alkyl halides is 1. The minimum absolute atomic E-state index is 0.448. The van der Waals surface area contributed by atoms with Crippen molar-refractivity contribution >= 4 is 34.4 Å². The summed E-state index contributed by atoms with van der Waals surface area (Å²) in [7, 11) is 0. The molecule has 1 saturated heterocycles. The van der Waals surface area contributed by atoms with Crippen LogP contribution in [0.15, 0.2) is 18.2 Å². The second-order valence-electron chi connectivity index (χ2n) is 4.93. The Morgan fingerprint density at radius 2 is 2.20 bits per heavy atom. The average molecular weight is 311 g/mol. The molecular weight excluding hydrogens is 292 g/mol. The van der Waals surface area contributed by atoms with Gasteiger partial charge in [-0.25, -0.2) is 4.98 Å². The van der Waals surface area contributed by atoms with Gasteiger partial charge >= 0.3 is 0 Å². The van der Waals surface area contributed by atoms with Gasteiger partial charge in [0, 0.05) is 6.04 Å². The van der Waals surface area contributed by atoms with Crippen molar-refractivity contribution in [1.29, 1.82) is 0 Å². The van der Waals surface area contributed by atoms with Crippen LogP contribution in [0.2, 0.25) is 0 Å². The van der Waals surface area contributed by atoms with E-state index in [9.17, 15) is 0 Å². The Balaban J connectivity index is 2.11. The monoisotopic (exact) mass is 310 g/mol. The molecule has 5 heteroatoms. The number of fused-ring (bicyclic) bond motifs is 1. The van der Waals surface area contributed by atoms with Crippen LogP contribution in [0.5, 0.6) is 5.75 Å². The van der Waals surface area contributed by atoms with Crippen molar-refractivity contribution in [3.05, 3.63) is 24.0 Å². The first-order valence-corrected chi connectivity index (χ1v) is 8.80. The number of aromatic nitrogens is 2. The molecule has 0 amide bonds. The largest absolute Gasteiger partial charge is 0.492 e. The molecule has 3 nitrogen and oxygen atoms in total. The van der Waals surface area contributed by atoms with E-state index in [4.69, 9.17) is 21.3 Å². The van der Waals surface area contributed by atoms with Gasteiger partial charge in [-0.1, -0.05) is 6.07 Å². The second-order valence-corrected chi connectivity index (χ2v) is 6.42. The molecule has 0 radical (unpaired) electrons. The summed E-state index contributed by atoms with van der Waals surface area (Å²) in [6.45, 7) is 2.65. The molecule has 0 atom stereocenters. The zero-order chi connectivity index (χ0) is 13.9. The van der Waals surface area contributed by atoms with Crippen LogP contribution >= 0.6 is 23.4 Å². The lowest BCUT2D eigenvalue weighted by molar-refractivity contribution is 0.343. The Labute approximate surface area is 128 Å². The molecule has 0 bridgehead atoms. The predicted octanol–water partition coefficient (Wildman–Crippen LogP) is 4.24. The molecule has 1 aromatic carbocycles. The summed E-state index contributed by atoms with van der Waals surface area (Å²) in [5.74, 6) is 4.71. The van der Waals surface area contributed by atoms with E-state index in [2.05, 4.69) is 10.6 Å². The maximum absolute atomic E-state index is 6.12. The molecule has 3 rings (SSSR count). The summed E-state index contributed by atoms with van der Waals surface area (Å²) in [5, 5.41) is 0. The highest BCUT2D eigenvalue weighted by Crippen LogP contribution is 2.34. The molecule has 0 N–H and O–H groups in total. The van der Waals surface area contributed by atoms with Gasteiger partial charge < -0.3 is 9.30 Å². The number of rotatable bonds is 4. The normalized spacial score (nSPS) is 16.7. The quantitative estimate of drug-likeness (QED) is 0.790. The van der Waals surface area contributed by atoms with Gasteiger partial charge in [0.1, 0.15) is 17.1 Å². The molecule has 108 valence electrons. The van der Waals surface area contributed by atoms with E-state index in [1.54, 1.807) is 0 Å². The summed E-state index contributed by atoms with van der Waals surface area (Å²) >= 11 is 8.16. The fraction of sp³-hybridized carbons (Fsp3) is 0.533. The first-order valence-electron chi connectivity index (χ1n) is 7.11. The van der Waals surface area contributed by atoms with Gasteiger partial charge in [-0.3, -0.25) is 0 Å². The molecule has 1 aromatic heterocycles. The average Bonchev–Trinajstić information content (AvgIpc) is 2.88. The minimum atomic E-state index is 0.448. The van der Waals surface area contributed by atoms with Crippen LogP contribution < -0.4 is 4.74 Å². The Kier molecular flexibility index (Phi) is 4.41. The third kappa shape index (κ3) is 2.51. The smallest absolute Gasteiger partial charge is 0.147 e. The fourth-order valence-electron chi connectivity index (χ4n) is 2.86. The van der Waals surface area contributed by atoms with E-state index in [-0.39, 0.29) is 0 Å². The van der Waals surface area contributed by atoms with Gasteiger partial charge in [0.05, 0.1) is 18.0 Å². The molecule has 2 aromatic rings. The van der Waals surface area contributed by atoms with Crippen LogP contribution in [0.25, 0.3) is 11.0 Å². The molecular formula is C15H19ClN2OS. The summed E-state index contributed by atoms with van der Waals surface area (Å²) in [6, 6.07) is 6.67. The van der Waals surface area contributed by atoms with Crippen LogP contribution in [0.4, 0.5) is 0 Å². The maximum Gasteiger partial charge on any atom is 0.147 e. The molecule has 0 spiro atoms. The molecule has 0 saturated carbocycles. The molecule has 0 aliphatic carbocycles. The van der Waals surface area contributed by atoms with Crippen LogP contribution in [0.1, 0.15) is 31.6 Å². The number of halogens is 1. The first-order chi connectivity index (χ1) is 9.85. The van der Waals surface area contributed by atoms with Crippen molar-refractivity contribution in [2.24, 2.45) is 0 Å². The molecule has 1 aliphatic rings. The highest BCUT2D eigenvalue weighted by molar-refractivity contribution is 7.99. The van der Waals surface area contributed by atoms with Crippen molar-refractivity contribution in [3.63, 3.8) is 0 Å². The maximum atomic E-state index is 6.12. The highest BCUT2D eigenvalue weighted by Gasteiger charge is 2.22. The van der Waals surface area contributed by atoms with Gasteiger partial charge in [0.2, 0.25) is 0 Å². The highest BCUT2D eigenvalue weighted by atomic mass is 35.5. The fourth-order valence-corrected chi connectivity index (χ4v) is 4.13. The van der Waals surface area contributed by atoms with Crippen LogP contribution in [-0.4, -0.2) is 27.7 Å². The van der Waals surface area contributed by atoms with Gasteiger partial charge in [-0.2, -0.15) is 11.8 Å². The SMILES string of the molecule is CCOc1cccc2c1nc(CCl)n2C1CCSCC1. The van der Waals surface area contributed by atoms with E-state index >= 15 is 0 Å². The Bertz CT molecular complexity index is 593. The third-order valence-electron chi connectivity index (χ3n) is 3.73. The Morgan fingerprint density at radius 3 is 2.90 bits per heavy atom. The van der Waals surface area contributed by atoms with Crippen molar-refractivity contribution in [2.45, 2.75) is 31.7 Å². The topological polar surface area (TPSA) is 27.1 Å². The van der Waals surface area contributed by atoms with E-state index in [0.29, 0.717) is 18.5 Å². The van der Waals surface area contributed by atoms with Gasteiger partial charge in [-0.05, 0) is 43.4 Å². The van der Waals surface area contributed by atoms with E-state index < -0.39 is 0 Å². The molecule has 1 fully saturated rings. The van der Waals surface area contributed by atoms with E-state index in [0.717, 1.165) is 22.6 Å². The number of imidazole rings is 1. The van der Waals surface area contributed by atoms with Crippen molar-refractivity contribution in [3.8, 4) is 5.75 Å². The molecule has 2 heterocycles. The lowest BCUT2D eigenvalue weighted by atomic mass is 10.1. The number of nitrogens with zero attached hydrogens (tertiary/aromatic N) is 2. The predicted molar refractivity (Wildman–Crippen MR) is 86.1 cm³/mol. The van der Waals surface area contributed by atoms with Gasteiger partial charge in [0.25, 0.3) is 0 Å². The van der Waals surface area contributed by atoms with Crippen molar-refractivity contribution < 1.29 is 4.74 Å². The number of para-hydroxylation sites is 1. The van der Waals surface area contributed by atoms with Gasteiger partial charge in [0.15, 0.2) is 0 Å². The second kappa shape index (κ2) is 6.27. The van der Waals surface area contributed by atoms with Crippen molar-refractivity contribution in [2.75, 3.05) is 18.1 Å². The van der Waals surface area contributed by atoms with E-state index in [1.807, 2.05) is 30.8 Å². The number of hydrogen-bond donors (Lipinski definition) is 0. The van der Waals surface area contributed by atoms with E-state index in [1.165, 1.54) is 24.3 Å². The lowest BCUT2D eigenvalue weighted by Crippen LogP contribution is -2.17. The zero-order valence-corrected chi connectivity index (χ0v) is 13.2. The Morgan fingerprint density at radius 1 is 1.40 bits per heavy atom. The summed E-state index contributed by atoms with van der Waals surface area (Å²) in [4.78, 5) is 4.72. The van der Waals surface area contributed by atoms with Gasteiger partial charge in [-0.15, -0.1) is 11.6 Å². The Hall–Kier alpha value is -0.870. The third-order valence-corrected chi connectivity index (χ3v) is 5.02. The molecule has 0 unspecified atom stereocenters. The summed E-state index contributed by atoms with van der Waals surface area (Å²) < 4.78 is 8.03. The van der Waals surface area contributed by atoms with Crippen LogP contribution in [-0.2, 0) is 5.88 Å². The number of ether oxygens (including phenoxy) is 1. The standard InChI is InChI=1S/C15H19ClN2OS/c1-2-19-13-5-3-4-12-15(13)17-14(10-16)18(12)11-6-8-20-9-7-11/h3-5,11H,2,6-10H2,1H3. The number of benzene rings is 1. The number of thioether (sulfide) groups is 1. The molecule has 20 heavy (non-hydrogen) atoms. The zero-order valence-electron chi connectivity index (χ0n) is 11.6. The lowest BCUT2D eigenvalue weighted by Gasteiger charge is -2.25. The minimum Gasteiger partial charge on any atom is -0.492 e. The molecule has 1 aliphatic heterocycles. The summed E-state index contributed by atoms with van der Waals surface area (Å²) in [5.41, 5.74) is 2.10. The van der Waals surface area contributed by atoms with Crippen LogP contribution in [0.3, 0.4) is 0 Å². The first kappa shape index (κ1) is 14.1. The van der Waals surface area contributed by atoms with Crippen LogP contribution in [0, 0.1) is 0 Å².